The summed E-state index contributed by atoms with van der Waals surface area (Å²) in [6.07, 6.45) is 0. The molecule has 5 heteroatoms. The van der Waals surface area contributed by atoms with Crippen LogP contribution in [0.3, 0.4) is 0 Å². The first-order valence-corrected chi connectivity index (χ1v) is 10.3. The minimum Gasteiger partial charge on any atom is -0.456 e. The normalized spacial score (nSPS) is 10.7. The first kappa shape index (κ1) is 20.3. The molecule has 160 valence electrons. The molecule has 0 unspecified atom stereocenters. The number of carbonyl (C=O) groups is 2. The van der Waals surface area contributed by atoms with Gasteiger partial charge in [0.25, 0.3) is 0 Å². The van der Waals surface area contributed by atoms with E-state index in [1.54, 1.807) is 60.7 Å². The molecule has 4 aromatic carbocycles. The molecule has 1 aromatic heterocycles. The van der Waals surface area contributed by atoms with E-state index >= 15 is 0 Å². The van der Waals surface area contributed by atoms with Crippen LogP contribution in [0.5, 0.6) is 11.5 Å². The maximum absolute atomic E-state index is 12.6. The van der Waals surface area contributed by atoms with Gasteiger partial charge in [-0.3, -0.25) is 0 Å². The number of para-hydroxylation sites is 1. The van der Waals surface area contributed by atoms with Crippen LogP contribution in [0.15, 0.2) is 114 Å². The van der Waals surface area contributed by atoms with Crippen LogP contribution in [0.4, 0.5) is 0 Å². The second-order valence-corrected chi connectivity index (χ2v) is 7.35. The summed E-state index contributed by atoms with van der Waals surface area (Å²) < 4.78 is 17.1. The van der Waals surface area contributed by atoms with Gasteiger partial charge in [-0.05, 0) is 48.5 Å². The zero-order valence-corrected chi connectivity index (χ0v) is 17.4. The maximum atomic E-state index is 12.6. The van der Waals surface area contributed by atoms with E-state index in [0.717, 1.165) is 11.0 Å². The van der Waals surface area contributed by atoms with Gasteiger partial charge in [0, 0.05) is 17.0 Å². The Kier molecular flexibility index (Phi) is 5.43. The zero-order valence-electron chi connectivity index (χ0n) is 17.4. The minimum atomic E-state index is -0.516. The second-order valence-electron chi connectivity index (χ2n) is 7.35. The number of ether oxygens (including phenoxy) is 2. The molecule has 0 amide bonds. The van der Waals surface area contributed by atoms with Crippen molar-refractivity contribution < 1.29 is 23.5 Å². The summed E-state index contributed by atoms with van der Waals surface area (Å²) in [5, 5.41) is 0.932. The van der Waals surface area contributed by atoms with Crippen molar-refractivity contribution >= 4 is 22.9 Å². The van der Waals surface area contributed by atoms with Crippen molar-refractivity contribution in [3.05, 3.63) is 120 Å². The largest absolute Gasteiger partial charge is 0.456 e. The standard InChI is InChI=1S/C28H18O5/c29-27(19-9-3-1-4-10-19)31-23-15-22(26-17-21-13-7-8-14-25(21)33-26)16-24(18-23)32-28(30)20-11-5-2-6-12-20/h1-18H. The van der Waals surface area contributed by atoms with Gasteiger partial charge in [-0.25, -0.2) is 9.59 Å². The highest BCUT2D eigenvalue weighted by atomic mass is 16.5. The van der Waals surface area contributed by atoms with Crippen molar-refractivity contribution in [2.45, 2.75) is 0 Å². The Hall–Kier alpha value is -4.64. The summed E-state index contributed by atoms with van der Waals surface area (Å²) in [4.78, 5) is 25.2. The Morgan fingerprint density at radius 3 is 1.64 bits per heavy atom. The van der Waals surface area contributed by atoms with Gasteiger partial charge >= 0.3 is 11.9 Å². The molecule has 0 fully saturated rings. The van der Waals surface area contributed by atoms with Gasteiger partial charge in [0.1, 0.15) is 22.8 Å². The molecule has 0 bridgehead atoms. The minimum absolute atomic E-state index is 0.234. The predicted octanol–water partition coefficient (Wildman–Crippen LogP) is 6.54. The summed E-state index contributed by atoms with van der Waals surface area (Å²) >= 11 is 0. The molecular formula is C28H18O5. The molecule has 5 rings (SSSR count). The van der Waals surface area contributed by atoms with E-state index in [-0.39, 0.29) is 11.5 Å². The average molecular weight is 434 g/mol. The quantitative estimate of drug-likeness (QED) is 0.232. The topological polar surface area (TPSA) is 65.7 Å². The van der Waals surface area contributed by atoms with Crippen molar-refractivity contribution in [2.75, 3.05) is 0 Å². The zero-order chi connectivity index (χ0) is 22.6. The van der Waals surface area contributed by atoms with E-state index < -0.39 is 11.9 Å². The molecule has 0 aliphatic rings. The number of carbonyl (C=O) groups excluding carboxylic acids is 2. The van der Waals surface area contributed by atoms with Crippen molar-refractivity contribution in [2.24, 2.45) is 0 Å². The fourth-order valence-electron chi connectivity index (χ4n) is 3.44. The Morgan fingerprint density at radius 2 is 1.09 bits per heavy atom. The fourth-order valence-corrected chi connectivity index (χ4v) is 3.44. The SMILES string of the molecule is O=C(Oc1cc(OC(=O)c2ccccc2)cc(-c2cc3ccccc3o2)c1)c1ccccc1. The van der Waals surface area contributed by atoms with Crippen molar-refractivity contribution in [3.8, 4) is 22.8 Å². The Balaban J connectivity index is 1.52. The van der Waals surface area contributed by atoms with Crippen LogP contribution in [-0.2, 0) is 0 Å². The number of esters is 2. The van der Waals surface area contributed by atoms with Gasteiger partial charge in [-0.15, -0.1) is 0 Å². The van der Waals surface area contributed by atoms with Gasteiger partial charge in [0.05, 0.1) is 11.1 Å². The molecule has 33 heavy (non-hydrogen) atoms. The van der Waals surface area contributed by atoms with Crippen LogP contribution in [0, 0.1) is 0 Å². The van der Waals surface area contributed by atoms with E-state index in [1.807, 2.05) is 42.5 Å². The van der Waals surface area contributed by atoms with Crippen molar-refractivity contribution in [1.29, 1.82) is 0 Å². The number of hydrogen-bond donors (Lipinski definition) is 0. The molecule has 0 saturated carbocycles. The maximum Gasteiger partial charge on any atom is 0.343 e. The molecule has 0 atom stereocenters. The van der Waals surface area contributed by atoms with E-state index in [1.165, 1.54) is 6.07 Å². The van der Waals surface area contributed by atoms with Crippen LogP contribution in [0.2, 0.25) is 0 Å². The Bertz CT molecular complexity index is 1330. The lowest BCUT2D eigenvalue weighted by molar-refractivity contribution is 0.0733. The lowest BCUT2D eigenvalue weighted by Crippen LogP contribution is -2.10. The van der Waals surface area contributed by atoms with Gasteiger partial charge in [0.2, 0.25) is 0 Å². The Morgan fingerprint density at radius 1 is 0.576 bits per heavy atom. The first-order chi connectivity index (χ1) is 16.2. The lowest BCUT2D eigenvalue weighted by Gasteiger charge is -2.10. The third kappa shape index (κ3) is 4.52. The van der Waals surface area contributed by atoms with Gasteiger partial charge < -0.3 is 13.9 Å². The number of furan rings is 1. The van der Waals surface area contributed by atoms with Crippen LogP contribution in [-0.4, -0.2) is 11.9 Å². The molecule has 0 N–H and O–H groups in total. The third-order valence-corrected chi connectivity index (χ3v) is 5.03. The Labute approximate surface area is 189 Å². The molecule has 0 spiro atoms. The number of benzene rings is 4. The second kappa shape index (κ2) is 8.85. The molecular weight excluding hydrogens is 416 g/mol. The van der Waals surface area contributed by atoms with Crippen molar-refractivity contribution in [3.63, 3.8) is 0 Å². The smallest absolute Gasteiger partial charge is 0.343 e. The van der Waals surface area contributed by atoms with Gasteiger partial charge in [-0.2, -0.15) is 0 Å². The lowest BCUT2D eigenvalue weighted by atomic mass is 10.1. The highest BCUT2D eigenvalue weighted by Crippen LogP contribution is 2.34. The third-order valence-electron chi connectivity index (χ3n) is 5.03. The fraction of sp³-hybridized carbons (Fsp3) is 0. The van der Waals surface area contributed by atoms with Crippen LogP contribution < -0.4 is 9.47 Å². The summed E-state index contributed by atoms with van der Waals surface area (Å²) in [6, 6.07) is 31.7. The van der Waals surface area contributed by atoms with Gasteiger partial charge in [0.15, 0.2) is 0 Å². The van der Waals surface area contributed by atoms with E-state index in [9.17, 15) is 9.59 Å². The predicted molar refractivity (Wildman–Crippen MR) is 124 cm³/mol. The molecule has 1 heterocycles. The van der Waals surface area contributed by atoms with Crippen molar-refractivity contribution in [1.82, 2.24) is 0 Å². The number of hydrogen-bond acceptors (Lipinski definition) is 5. The molecule has 0 saturated heterocycles. The molecule has 0 radical (unpaired) electrons. The van der Waals surface area contributed by atoms with E-state index in [4.69, 9.17) is 13.9 Å². The summed E-state index contributed by atoms with van der Waals surface area (Å²) in [5.74, 6) is -0.00320. The van der Waals surface area contributed by atoms with E-state index in [0.29, 0.717) is 22.5 Å². The molecule has 0 aliphatic heterocycles. The highest BCUT2D eigenvalue weighted by Gasteiger charge is 2.16. The summed E-state index contributed by atoms with van der Waals surface area (Å²) in [6.45, 7) is 0. The highest BCUT2D eigenvalue weighted by molar-refractivity contribution is 5.92. The molecule has 0 aliphatic carbocycles. The average Bonchev–Trinajstić information content (AvgIpc) is 3.29. The first-order valence-electron chi connectivity index (χ1n) is 10.3. The summed E-state index contributed by atoms with van der Waals surface area (Å²) in [7, 11) is 0. The molecule has 5 aromatic rings. The summed E-state index contributed by atoms with van der Waals surface area (Å²) in [5.41, 5.74) is 2.16. The molecule has 5 nitrogen and oxygen atoms in total. The monoisotopic (exact) mass is 434 g/mol. The van der Waals surface area contributed by atoms with Crippen LogP contribution >= 0.6 is 0 Å². The van der Waals surface area contributed by atoms with Gasteiger partial charge in [-0.1, -0.05) is 54.6 Å². The van der Waals surface area contributed by atoms with Crippen LogP contribution in [0.25, 0.3) is 22.3 Å². The van der Waals surface area contributed by atoms with Crippen LogP contribution in [0.1, 0.15) is 20.7 Å². The van der Waals surface area contributed by atoms with E-state index in [2.05, 4.69) is 0 Å². The number of fused-ring (bicyclic) bond motifs is 1. The number of rotatable bonds is 5.